The van der Waals surface area contributed by atoms with Crippen LogP contribution in [0.2, 0.25) is 0 Å². The summed E-state index contributed by atoms with van der Waals surface area (Å²) in [5.74, 6) is 0. The molecule has 0 atom stereocenters. The first-order chi connectivity index (χ1) is 1.41. The van der Waals surface area contributed by atoms with Gasteiger partial charge in [0, 0.05) is 0 Å². The van der Waals surface area contributed by atoms with E-state index in [4.69, 9.17) is 0 Å². The molecule has 0 saturated carbocycles. The molecule has 1 radical (unpaired) electrons. The van der Waals surface area contributed by atoms with Gasteiger partial charge in [0.2, 0.25) is 0 Å². The fourth-order valence-electron chi connectivity index (χ4n) is 0. The van der Waals surface area contributed by atoms with Crippen molar-refractivity contribution in [2.75, 3.05) is 7.05 Å². The van der Waals surface area contributed by atoms with Crippen LogP contribution in [0.4, 0.5) is 0 Å². The molecule has 0 spiro atoms. The Balaban J connectivity index is 0. The Morgan fingerprint density at radius 3 is 1.75 bits per heavy atom. The molecule has 2 heteroatoms. The summed E-state index contributed by atoms with van der Waals surface area (Å²) in [6.45, 7) is 0. The molecule has 23 valence electrons. The van der Waals surface area contributed by atoms with Gasteiger partial charge in [-0.1, -0.05) is 7.43 Å². The van der Waals surface area contributed by atoms with E-state index in [0.29, 0.717) is 0 Å². The molecule has 0 rings (SSSR count). The first-order valence-electron chi connectivity index (χ1n) is 0.705. The summed E-state index contributed by atoms with van der Waals surface area (Å²) in [4.78, 5) is 3.00. The molecule has 1 nitrogen and oxygen atoms in total. The summed E-state index contributed by atoms with van der Waals surface area (Å²) in [5, 5.41) is 0. The molecule has 0 aliphatic heterocycles. The molecular formula is C2H7BN. The maximum absolute atomic E-state index is 4.47. The Morgan fingerprint density at radius 1 is 1.75 bits per heavy atom. The van der Waals surface area contributed by atoms with E-state index in [1.807, 2.05) is 0 Å². The Bertz CT molecular complexity index is 13.5. The molecule has 0 heterocycles. The van der Waals surface area contributed by atoms with Crippen molar-refractivity contribution in [3.63, 3.8) is 0 Å². The minimum atomic E-state index is 0. The van der Waals surface area contributed by atoms with Crippen LogP contribution < -0.4 is 0 Å². The number of hydrogen-bond acceptors (Lipinski definition) is 1. The van der Waals surface area contributed by atoms with Crippen LogP contribution in [0.5, 0.6) is 0 Å². The Morgan fingerprint density at radius 2 is 1.75 bits per heavy atom. The summed E-state index contributed by atoms with van der Waals surface area (Å²) in [6, 6.07) is 0. The van der Waals surface area contributed by atoms with Crippen LogP contribution in [0.25, 0.3) is 0 Å². The normalized spacial score (nSPS) is 3.00. The molecule has 0 aromatic rings. The molecule has 0 amide bonds. The zero-order valence-electron chi connectivity index (χ0n) is 2.02. The molecule has 0 N–H and O–H groups in total. The monoisotopic (exact) mass is 56.1 g/mol. The zero-order valence-corrected chi connectivity index (χ0v) is 2.02. The zero-order chi connectivity index (χ0) is 2.71. The second kappa shape index (κ2) is 13.3. The van der Waals surface area contributed by atoms with Crippen LogP contribution >= 0.6 is 0 Å². The fourth-order valence-corrected chi connectivity index (χ4v) is 0. The average molecular weight is 55.9 g/mol. The van der Waals surface area contributed by atoms with E-state index in [9.17, 15) is 0 Å². The average Bonchev–Trinajstić information content (AvgIpc) is 0.918. The van der Waals surface area contributed by atoms with Gasteiger partial charge in [-0.25, -0.2) is 0 Å². The van der Waals surface area contributed by atoms with Crippen molar-refractivity contribution in [3.05, 3.63) is 0 Å². The minimum absolute atomic E-state index is 0. The predicted molar refractivity (Wildman–Crippen MR) is 20.8 cm³/mol. The van der Waals surface area contributed by atoms with Crippen LogP contribution in [-0.4, -0.2) is 14.7 Å². The third-order valence-electron chi connectivity index (χ3n) is 0. The first-order valence-corrected chi connectivity index (χ1v) is 0.705. The van der Waals surface area contributed by atoms with Crippen LogP contribution in [0.1, 0.15) is 7.43 Å². The van der Waals surface area contributed by atoms with Gasteiger partial charge in [0.15, 0.2) is 0 Å². The van der Waals surface area contributed by atoms with Crippen LogP contribution in [0.3, 0.4) is 0 Å². The van der Waals surface area contributed by atoms with Gasteiger partial charge in [-0.3, -0.25) is 0 Å². The molecule has 0 saturated heterocycles. The van der Waals surface area contributed by atoms with Crippen molar-refractivity contribution < 1.29 is 0 Å². The van der Waals surface area contributed by atoms with Gasteiger partial charge in [0.1, 0.15) is 0 Å². The van der Waals surface area contributed by atoms with Crippen molar-refractivity contribution in [3.8, 4) is 0 Å². The van der Waals surface area contributed by atoms with Gasteiger partial charge >= 0.3 is 19.6 Å². The Hall–Kier alpha value is -0.135. The summed E-state index contributed by atoms with van der Waals surface area (Å²) < 4.78 is 0. The molecule has 0 aromatic carbocycles. The molecular weight excluding hydrogens is 48.8 g/mol. The standard InChI is InChI=1S/CH3BN.CH4/c1-3-2;/h1H3;1H4. The molecule has 0 bridgehead atoms. The van der Waals surface area contributed by atoms with Gasteiger partial charge in [-0.05, 0) is 0 Å². The second-order valence-electron chi connectivity index (χ2n) is 0.258. The Labute approximate surface area is 28.2 Å². The van der Waals surface area contributed by atoms with Gasteiger partial charge < -0.3 is 0 Å². The summed E-state index contributed by atoms with van der Waals surface area (Å²) in [5.41, 5.74) is 0. The van der Waals surface area contributed by atoms with Crippen molar-refractivity contribution in [1.82, 2.24) is 0 Å². The number of rotatable bonds is 0. The van der Waals surface area contributed by atoms with Crippen molar-refractivity contribution >= 4 is 7.64 Å². The van der Waals surface area contributed by atoms with E-state index in [-0.39, 0.29) is 7.43 Å². The quantitative estimate of drug-likeness (QED) is 0.360. The van der Waals surface area contributed by atoms with Gasteiger partial charge in [-0.2, -0.15) is 0 Å². The first kappa shape index (κ1) is 9.12. The third kappa shape index (κ3) is 76.5. The van der Waals surface area contributed by atoms with Crippen LogP contribution in [0, 0.1) is 0 Å². The van der Waals surface area contributed by atoms with E-state index in [1.165, 1.54) is 7.05 Å². The maximum atomic E-state index is 4.47. The van der Waals surface area contributed by atoms with E-state index in [0.717, 1.165) is 0 Å². The van der Waals surface area contributed by atoms with Gasteiger partial charge in [0.25, 0.3) is 0 Å². The van der Waals surface area contributed by atoms with E-state index in [1.54, 1.807) is 0 Å². The fraction of sp³-hybridized carbons (Fsp3) is 1.00. The number of hydrogen-bond donors (Lipinski definition) is 0. The summed E-state index contributed by atoms with van der Waals surface area (Å²) in [7, 11) is 6.00. The van der Waals surface area contributed by atoms with Crippen LogP contribution in [0.15, 0.2) is 4.90 Å². The van der Waals surface area contributed by atoms with Crippen molar-refractivity contribution in [2.45, 2.75) is 7.43 Å². The molecule has 0 aromatic heterocycles. The van der Waals surface area contributed by atoms with E-state index in [2.05, 4.69) is 12.5 Å². The molecule has 0 aliphatic carbocycles. The summed E-state index contributed by atoms with van der Waals surface area (Å²) >= 11 is 0. The van der Waals surface area contributed by atoms with Crippen molar-refractivity contribution in [2.24, 2.45) is 4.90 Å². The molecule has 0 unspecified atom stereocenters. The molecule has 0 fully saturated rings. The second-order valence-corrected chi connectivity index (χ2v) is 0.258. The van der Waals surface area contributed by atoms with Gasteiger partial charge in [-0.15, -0.1) is 0 Å². The van der Waals surface area contributed by atoms with E-state index >= 15 is 0 Å². The summed E-state index contributed by atoms with van der Waals surface area (Å²) in [6.07, 6.45) is 0. The molecule has 0 aliphatic rings. The van der Waals surface area contributed by atoms with E-state index < -0.39 is 0 Å². The van der Waals surface area contributed by atoms with Crippen molar-refractivity contribution in [1.29, 1.82) is 0 Å². The Kier molecular flexibility index (Phi) is 30.4. The number of nitrogens with zero attached hydrogens (tertiary/aromatic N) is 1. The predicted octanol–water partition coefficient (Wildman–Crippen LogP) is 0.604. The van der Waals surface area contributed by atoms with Crippen LogP contribution in [-0.2, 0) is 0 Å². The topological polar surface area (TPSA) is 12.4 Å². The third-order valence-corrected chi connectivity index (χ3v) is 0. The SMILES string of the molecule is C.[B]=NC. The van der Waals surface area contributed by atoms with Gasteiger partial charge in [0.05, 0.1) is 0 Å². The molecule has 4 heavy (non-hydrogen) atoms.